The standard InChI is InChI=1S/C16H15FN2O/c17-13-7-5-11(6-8-13)9-14(19-18)16-10-12-3-1-2-4-15(12)20-16/h1-8,10,14,19H,9,18H2. The molecule has 102 valence electrons. The van der Waals surface area contributed by atoms with E-state index in [0.29, 0.717) is 6.42 Å². The summed E-state index contributed by atoms with van der Waals surface area (Å²) < 4.78 is 18.7. The van der Waals surface area contributed by atoms with Crippen molar-refractivity contribution in [3.8, 4) is 0 Å². The fraction of sp³-hybridized carbons (Fsp3) is 0.125. The molecular weight excluding hydrogens is 255 g/mol. The third kappa shape index (κ3) is 2.57. The molecule has 0 amide bonds. The van der Waals surface area contributed by atoms with Crippen LogP contribution in [0.3, 0.4) is 0 Å². The lowest BCUT2D eigenvalue weighted by Gasteiger charge is -2.13. The minimum Gasteiger partial charge on any atom is -0.459 e. The van der Waals surface area contributed by atoms with Crippen LogP contribution in [0.5, 0.6) is 0 Å². The van der Waals surface area contributed by atoms with Gasteiger partial charge in [0.05, 0.1) is 6.04 Å². The summed E-state index contributed by atoms with van der Waals surface area (Å²) in [5.41, 5.74) is 4.59. The van der Waals surface area contributed by atoms with Gasteiger partial charge in [0.25, 0.3) is 0 Å². The lowest BCUT2D eigenvalue weighted by Crippen LogP contribution is -2.29. The van der Waals surface area contributed by atoms with Crippen molar-refractivity contribution in [2.45, 2.75) is 12.5 Å². The van der Waals surface area contributed by atoms with E-state index in [1.165, 1.54) is 12.1 Å². The maximum atomic E-state index is 12.9. The number of nitrogens with two attached hydrogens (primary N) is 1. The zero-order chi connectivity index (χ0) is 13.9. The van der Waals surface area contributed by atoms with E-state index in [1.807, 2.05) is 30.3 Å². The Balaban J connectivity index is 1.87. The van der Waals surface area contributed by atoms with Crippen LogP contribution in [0, 0.1) is 5.82 Å². The molecule has 1 atom stereocenters. The summed E-state index contributed by atoms with van der Waals surface area (Å²) in [6.07, 6.45) is 0.636. The van der Waals surface area contributed by atoms with Gasteiger partial charge >= 0.3 is 0 Å². The summed E-state index contributed by atoms with van der Waals surface area (Å²) >= 11 is 0. The van der Waals surface area contributed by atoms with Gasteiger partial charge in [-0.15, -0.1) is 0 Å². The summed E-state index contributed by atoms with van der Waals surface area (Å²) in [5, 5.41) is 1.04. The average Bonchev–Trinajstić information content (AvgIpc) is 2.90. The van der Waals surface area contributed by atoms with Gasteiger partial charge in [-0.2, -0.15) is 0 Å². The topological polar surface area (TPSA) is 51.2 Å². The number of hydrogen-bond donors (Lipinski definition) is 2. The van der Waals surface area contributed by atoms with Crippen LogP contribution in [-0.4, -0.2) is 0 Å². The number of para-hydroxylation sites is 1. The molecule has 0 spiro atoms. The monoisotopic (exact) mass is 270 g/mol. The Hall–Kier alpha value is -2.17. The molecule has 0 aliphatic rings. The Morgan fingerprint density at radius 3 is 2.55 bits per heavy atom. The number of furan rings is 1. The van der Waals surface area contributed by atoms with Gasteiger partial charge in [-0.3, -0.25) is 5.84 Å². The van der Waals surface area contributed by atoms with Crippen LogP contribution in [-0.2, 0) is 6.42 Å². The van der Waals surface area contributed by atoms with E-state index in [2.05, 4.69) is 5.43 Å². The van der Waals surface area contributed by atoms with Crippen LogP contribution in [0.25, 0.3) is 11.0 Å². The van der Waals surface area contributed by atoms with Crippen molar-refractivity contribution in [2.24, 2.45) is 5.84 Å². The van der Waals surface area contributed by atoms with Gasteiger partial charge in [0, 0.05) is 5.39 Å². The van der Waals surface area contributed by atoms with Crippen LogP contribution < -0.4 is 11.3 Å². The van der Waals surface area contributed by atoms with E-state index in [9.17, 15) is 4.39 Å². The number of fused-ring (bicyclic) bond motifs is 1. The largest absolute Gasteiger partial charge is 0.459 e. The van der Waals surface area contributed by atoms with Crippen molar-refractivity contribution < 1.29 is 8.81 Å². The first-order valence-electron chi connectivity index (χ1n) is 6.45. The molecular formula is C16H15FN2O. The minimum absolute atomic E-state index is 0.145. The van der Waals surface area contributed by atoms with Gasteiger partial charge in [0.15, 0.2) is 0 Å². The number of hydrogen-bond acceptors (Lipinski definition) is 3. The molecule has 3 aromatic rings. The zero-order valence-corrected chi connectivity index (χ0v) is 10.8. The number of hydrazine groups is 1. The molecule has 20 heavy (non-hydrogen) atoms. The van der Waals surface area contributed by atoms with Crippen LogP contribution in [0.15, 0.2) is 59.0 Å². The zero-order valence-electron chi connectivity index (χ0n) is 10.8. The first-order valence-corrected chi connectivity index (χ1v) is 6.45. The number of rotatable bonds is 4. The second-order valence-electron chi connectivity index (χ2n) is 4.74. The number of benzene rings is 2. The van der Waals surface area contributed by atoms with Crippen LogP contribution in [0.4, 0.5) is 4.39 Å². The van der Waals surface area contributed by atoms with Gasteiger partial charge in [-0.25, -0.2) is 9.82 Å². The predicted octanol–water partition coefficient (Wildman–Crippen LogP) is 3.32. The third-order valence-electron chi connectivity index (χ3n) is 3.34. The molecule has 3 rings (SSSR count). The van der Waals surface area contributed by atoms with Crippen LogP contribution >= 0.6 is 0 Å². The lowest BCUT2D eigenvalue weighted by atomic mass is 10.0. The van der Waals surface area contributed by atoms with Crippen molar-refractivity contribution in [1.82, 2.24) is 5.43 Å². The van der Waals surface area contributed by atoms with Gasteiger partial charge in [0.1, 0.15) is 17.2 Å². The molecule has 0 bridgehead atoms. The SMILES string of the molecule is NNC(Cc1ccc(F)cc1)c1cc2ccccc2o1. The van der Waals surface area contributed by atoms with Gasteiger partial charge < -0.3 is 4.42 Å². The van der Waals surface area contributed by atoms with E-state index >= 15 is 0 Å². The molecule has 4 heteroatoms. The normalized spacial score (nSPS) is 12.7. The Morgan fingerprint density at radius 1 is 1.10 bits per heavy atom. The van der Waals surface area contributed by atoms with E-state index in [1.54, 1.807) is 12.1 Å². The molecule has 1 heterocycles. The maximum Gasteiger partial charge on any atom is 0.134 e. The molecule has 0 fully saturated rings. The smallest absolute Gasteiger partial charge is 0.134 e. The molecule has 3 nitrogen and oxygen atoms in total. The van der Waals surface area contributed by atoms with E-state index < -0.39 is 0 Å². The fourth-order valence-electron chi connectivity index (χ4n) is 2.27. The second kappa shape index (κ2) is 5.45. The minimum atomic E-state index is -0.241. The van der Waals surface area contributed by atoms with Crippen molar-refractivity contribution in [1.29, 1.82) is 0 Å². The van der Waals surface area contributed by atoms with Crippen LogP contribution in [0.2, 0.25) is 0 Å². The third-order valence-corrected chi connectivity index (χ3v) is 3.34. The molecule has 0 saturated heterocycles. The average molecular weight is 270 g/mol. The molecule has 0 aliphatic heterocycles. The molecule has 1 unspecified atom stereocenters. The van der Waals surface area contributed by atoms with Gasteiger partial charge in [-0.1, -0.05) is 30.3 Å². The number of halogens is 1. The predicted molar refractivity (Wildman–Crippen MR) is 76.4 cm³/mol. The summed E-state index contributed by atoms with van der Waals surface area (Å²) in [5.74, 6) is 6.16. The Bertz CT molecular complexity index is 673. The summed E-state index contributed by atoms with van der Waals surface area (Å²) in [6.45, 7) is 0. The van der Waals surface area contributed by atoms with Crippen molar-refractivity contribution in [2.75, 3.05) is 0 Å². The lowest BCUT2D eigenvalue weighted by molar-refractivity contribution is 0.434. The molecule has 3 N–H and O–H groups in total. The summed E-state index contributed by atoms with van der Waals surface area (Å²) in [4.78, 5) is 0. The quantitative estimate of drug-likeness (QED) is 0.565. The molecule has 2 aromatic carbocycles. The fourth-order valence-corrected chi connectivity index (χ4v) is 2.27. The van der Waals surface area contributed by atoms with Crippen molar-refractivity contribution in [3.05, 3.63) is 71.7 Å². The van der Waals surface area contributed by atoms with Gasteiger partial charge in [0.2, 0.25) is 0 Å². The van der Waals surface area contributed by atoms with E-state index in [0.717, 1.165) is 22.3 Å². The number of nitrogens with one attached hydrogen (secondary N) is 1. The molecule has 1 aromatic heterocycles. The molecule has 0 radical (unpaired) electrons. The first-order chi connectivity index (χ1) is 9.76. The van der Waals surface area contributed by atoms with Crippen molar-refractivity contribution >= 4 is 11.0 Å². The molecule has 0 saturated carbocycles. The first kappa shape index (κ1) is 12.8. The highest BCUT2D eigenvalue weighted by Crippen LogP contribution is 2.25. The van der Waals surface area contributed by atoms with Crippen molar-refractivity contribution in [3.63, 3.8) is 0 Å². The van der Waals surface area contributed by atoms with Crippen LogP contribution in [0.1, 0.15) is 17.4 Å². The Labute approximate surface area is 116 Å². The maximum absolute atomic E-state index is 12.9. The Morgan fingerprint density at radius 2 is 1.85 bits per heavy atom. The van der Waals surface area contributed by atoms with E-state index in [4.69, 9.17) is 10.3 Å². The highest BCUT2D eigenvalue weighted by Gasteiger charge is 2.15. The highest BCUT2D eigenvalue weighted by molar-refractivity contribution is 5.77. The second-order valence-corrected chi connectivity index (χ2v) is 4.74. The van der Waals surface area contributed by atoms with Gasteiger partial charge in [-0.05, 0) is 36.2 Å². The molecule has 0 aliphatic carbocycles. The summed E-state index contributed by atoms with van der Waals surface area (Å²) in [6, 6.07) is 16.0. The highest BCUT2D eigenvalue weighted by atomic mass is 19.1. The van der Waals surface area contributed by atoms with E-state index in [-0.39, 0.29) is 11.9 Å². The summed E-state index contributed by atoms with van der Waals surface area (Å²) in [7, 11) is 0. The Kier molecular flexibility index (Phi) is 3.50.